The summed E-state index contributed by atoms with van der Waals surface area (Å²) in [5.74, 6) is 0.950. The molecule has 0 aliphatic heterocycles. The highest BCUT2D eigenvalue weighted by molar-refractivity contribution is 7.09. The molecule has 0 spiro atoms. The third kappa shape index (κ3) is 3.70. The molecule has 0 aliphatic rings. The van der Waals surface area contributed by atoms with Gasteiger partial charge in [-0.3, -0.25) is 0 Å². The Morgan fingerprint density at radius 2 is 2.15 bits per heavy atom. The topological polar surface area (TPSA) is 55.0 Å². The molecule has 0 saturated carbocycles. The number of nitrogen functional groups attached to an aromatic ring is 1. The van der Waals surface area contributed by atoms with Crippen molar-refractivity contribution in [2.45, 2.75) is 46.2 Å². The van der Waals surface area contributed by atoms with Crippen LogP contribution in [0.2, 0.25) is 0 Å². The Balaban J connectivity index is 2.18. The van der Waals surface area contributed by atoms with E-state index in [0.717, 1.165) is 36.0 Å². The van der Waals surface area contributed by atoms with Crippen LogP contribution in [0.1, 0.15) is 38.6 Å². The molecule has 2 rings (SSSR count). The molecule has 0 saturated heterocycles. The molecule has 5 heteroatoms. The summed E-state index contributed by atoms with van der Waals surface area (Å²) in [5.41, 5.74) is 7.85. The van der Waals surface area contributed by atoms with Crippen molar-refractivity contribution < 1.29 is 0 Å². The Bertz CT molecular complexity index is 550. The predicted molar refractivity (Wildman–Crippen MR) is 86.1 cm³/mol. The van der Waals surface area contributed by atoms with Crippen molar-refractivity contribution in [3.8, 4) is 0 Å². The van der Waals surface area contributed by atoms with Crippen LogP contribution in [-0.2, 0) is 13.0 Å². The van der Waals surface area contributed by atoms with Gasteiger partial charge < -0.3 is 10.6 Å². The van der Waals surface area contributed by atoms with Crippen molar-refractivity contribution in [1.29, 1.82) is 0 Å². The molecule has 108 valence electrons. The molecule has 0 fully saturated rings. The van der Waals surface area contributed by atoms with Gasteiger partial charge in [0.15, 0.2) is 0 Å². The standard InChI is InChI=1S/C15H22N4S/c1-4-6-14-17-15(20-18-14)19(11(2)3)10-12-7-5-8-13(16)9-12/h5,7-9,11H,4,6,10,16H2,1-3H3. The van der Waals surface area contributed by atoms with Crippen LogP contribution < -0.4 is 10.6 Å². The van der Waals surface area contributed by atoms with Crippen molar-refractivity contribution in [3.63, 3.8) is 0 Å². The lowest BCUT2D eigenvalue weighted by atomic mass is 10.2. The number of aryl methyl sites for hydroxylation is 1. The van der Waals surface area contributed by atoms with E-state index < -0.39 is 0 Å². The van der Waals surface area contributed by atoms with Gasteiger partial charge in [-0.25, -0.2) is 4.98 Å². The van der Waals surface area contributed by atoms with E-state index in [2.05, 4.69) is 41.1 Å². The van der Waals surface area contributed by atoms with Crippen molar-refractivity contribution >= 4 is 22.4 Å². The Kier molecular flexibility index (Phi) is 4.95. The van der Waals surface area contributed by atoms with Crippen molar-refractivity contribution in [3.05, 3.63) is 35.7 Å². The molecule has 4 nitrogen and oxygen atoms in total. The van der Waals surface area contributed by atoms with Crippen LogP contribution in [0.4, 0.5) is 10.8 Å². The van der Waals surface area contributed by atoms with Crippen LogP contribution in [0.15, 0.2) is 24.3 Å². The fourth-order valence-corrected chi connectivity index (χ4v) is 2.89. The molecule has 0 amide bonds. The highest BCUT2D eigenvalue weighted by Crippen LogP contribution is 2.23. The second-order valence-electron chi connectivity index (χ2n) is 5.21. The number of hydrogen-bond acceptors (Lipinski definition) is 5. The van der Waals surface area contributed by atoms with Gasteiger partial charge in [0, 0.05) is 36.2 Å². The number of nitrogens with two attached hydrogens (primary N) is 1. The molecule has 1 aromatic heterocycles. The van der Waals surface area contributed by atoms with E-state index in [4.69, 9.17) is 5.73 Å². The largest absolute Gasteiger partial charge is 0.399 e. The van der Waals surface area contributed by atoms with Crippen LogP contribution in [0.3, 0.4) is 0 Å². The molecular formula is C15H22N4S. The normalized spacial score (nSPS) is 11.0. The molecule has 0 atom stereocenters. The number of hydrogen-bond donors (Lipinski definition) is 1. The average molecular weight is 290 g/mol. The monoisotopic (exact) mass is 290 g/mol. The van der Waals surface area contributed by atoms with Gasteiger partial charge in [0.1, 0.15) is 5.82 Å². The summed E-state index contributed by atoms with van der Waals surface area (Å²) in [6.45, 7) is 7.30. The number of rotatable bonds is 6. The number of benzene rings is 1. The first-order chi connectivity index (χ1) is 9.60. The van der Waals surface area contributed by atoms with Crippen LogP contribution in [0.25, 0.3) is 0 Å². The van der Waals surface area contributed by atoms with Crippen LogP contribution in [0, 0.1) is 0 Å². The minimum absolute atomic E-state index is 0.374. The van der Waals surface area contributed by atoms with Gasteiger partial charge >= 0.3 is 0 Å². The molecule has 1 heterocycles. The van der Waals surface area contributed by atoms with E-state index in [-0.39, 0.29) is 0 Å². The zero-order valence-corrected chi connectivity index (χ0v) is 13.2. The lowest BCUT2D eigenvalue weighted by Gasteiger charge is -2.25. The summed E-state index contributed by atoms with van der Waals surface area (Å²) in [5, 5.41) is 0.992. The second kappa shape index (κ2) is 6.70. The predicted octanol–water partition coefficient (Wildman–Crippen LogP) is 3.49. The first-order valence-electron chi connectivity index (χ1n) is 7.03. The van der Waals surface area contributed by atoms with Crippen molar-refractivity contribution in [2.24, 2.45) is 0 Å². The van der Waals surface area contributed by atoms with Gasteiger partial charge in [-0.1, -0.05) is 19.1 Å². The number of nitrogens with zero attached hydrogens (tertiary/aromatic N) is 3. The molecule has 1 aromatic carbocycles. The molecule has 0 unspecified atom stereocenters. The summed E-state index contributed by atoms with van der Waals surface area (Å²) in [6.07, 6.45) is 2.02. The van der Waals surface area contributed by atoms with Gasteiger partial charge in [-0.15, -0.1) is 0 Å². The van der Waals surface area contributed by atoms with E-state index in [9.17, 15) is 0 Å². The number of anilines is 2. The Morgan fingerprint density at radius 3 is 2.80 bits per heavy atom. The van der Waals surface area contributed by atoms with E-state index in [0.29, 0.717) is 6.04 Å². The van der Waals surface area contributed by atoms with Gasteiger partial charge in [0.05, 0.1) is 0 Å². The van der Waals surface area contributed by atoms with E-state index in [1.165, 1.54) is 17.1 Å². The third-order valence-corrected chi connectivity index (χ3v) is 3.90. The van der Waals surface area contributed by atoms with E-state index in [1.807, 2.05) is 18.2 Å². The van der Waals surface area contributed by atoms with Gasteiger partial charge in [-0.05, 0) is 38.0 Å². The molecular weight excluding hydrogens is 268 g/mol. The molecule has 20 heavy (non-hydrogen) atoms. The maximum Gasteiger partial charge on any atom is 0.205 e. The Labute approximate surface area is 124 Å². The maximum absolute atomic E-state index is 5.85. The third-order valence-electron chi connectivity index (χ3n) is 3.10. The van der Waals surface area contributed by atoms with Gasteiger partial charge in [0.25, 0.3) is 0 Å². The SMILES string of the molecule is CCCc1nsc(N(Cc2cccc(N)c2)C(C)C)n1. The van der Waals surface area contributed by atoms with Gasteiger partial charge in [-0.2, -0.15) is 4.37 Å². The minimum Gasteiger partial charge on any atom is -0.399 e. The molecule has 0 aliphatic carbocycles. The smallest absolute Gasteiger partial charge is 0.205 e. The molecule has 0 bridgehead atoms. The molecule has 2 N–H and O–H groups in total. The lowest BCUT2D eigenvalue weighted by Crippen LogP contribution is -2.30. The lowest BCUT2D eigenvalue weighted by molar-refractivity contribution is 0.677. The van der Waals surface area contributed by atoms with Crippen LogP contribution in [0.5, 0.6) is 0 Å². The first kappa shape index (κ1) is 14.8. The zero-order valence-electron chi connectivity index (χ0n) is 12.3. The Hall–Kier alpha value is -1.62. The maximum atomic E-state index is 5.85. The van der Waals surface area contributed by atoms with E-state index >= 15 is 0 Å². The summed E-state index contributed by atoms with van der Waals surface area (Å²) in [7, 11) is 0. The summed E-state index contributed by atoms with van der Waals surface area (Å²) < 4.78 is 4.43. The van der Waals surface area contributed by atoms with Crippen molar-refractivity contribution in [1.82, 2.24) is 9.36 Å². The summed E-state index contributed by atoms with van der Waals surface area (Å²) in [6, 6.07) is 8.39. The highest BCUT2D eigenvalue weighted by Gasteiger charge is 2.16. The fraction of sp³-hybridized carbons (Fsp3) is 0.467. The fourth-order valence-electron chi connectivity index (χ4n) is 2.05. The number of aromatic nitrogens is 2. The zero-order chi connectivity index (χ0) is 14.5. The first-order valence-corrected chi connectivity index (χ1v) is 7.81. The molecule has 0 radical (unpaired) electrons. The quantitative estimate of drug-likeness (QED) is 0.827. The highest BCUT2D eigenvalue weighted by atomic mass is 32.1. The van der Waals surface area contributed by atoms with Crippen LogP contribution in [-0.4, -0.2) is 15.4 Å². The van der Waals surface area contributed by atoms with Crippen LogP contribution >= 0.6 is 11.5 Å². The Morgan fingerprint density at radius 1 is 1.35 bits per heavy atom. The van der Waals surface area contributed by atoms with Gasteiger partial charge in [0.2, 0.25) is 5.13 Å². The summed E-state index contributed by atoms with van der Waals surface area (Å²) >= 11 is 1.48. The van der Waals surface area contributed by atoms with Crippen molar-refractivity contribution in [2.75, 3.05) is 10.6 Å². The van der Waals surface area contributed by atoms with E-state index in [1.54, 1.807) is 0 Å². The molecule has 2 aromatic rings. The second-order valence-corrected chi connectivity index (χ2v) is 5.94. The minimum atomic E-state index is 0.374. The average Bonchev–Trinajstić information content (AvgIpc) is 2.84. The summed E-state index contributed by atoms with van der Waals surface area (Å²) in [4.78, 5) is 6.91.